The quantitative estimate of drug-likeness (QED) is 0.459. The smallest absolute Gasteiger partial charge is 0.228 e. The van der Waals surface area contributed by atoms with E-state index in [9.17, 15) is 0 Å². The summed E-state index contributed by atoms with van der Waals surface area (Å²) >= 11 is 0. The lowest BCUT2D eigenvalue weighted by molar-refractivity contribution is 0.611. The first kappa shape index (κ1) is 14.5. The van der Waals surface area contributed by atoms with E-state index < -0.39 is 0 Å². The Kier molecular flexibility index (Phi) is 2.99. The molecule has 5 aromatic rings. The summed E-state index contributed by atoms with van der Waals surface area (Å²) in [6.07, 6.45) is 0. The number of nitrogens with two attached hydrogens (primary N) is 2. The molecule has 2 aromatic heterocycles. The number of aromatic nitrogens is 2. The first-order valence-electron chi connectivity index (χ1n) is 8.09. The van der Waals surface area contributed by atoms with E-state index in [1.165, 1.54) is 0 Å². The van der Waals surface area contributed by atoms with Crippen LogP contribution < -0.4 is 11.5 Å². The SMILES string of the molecule is Nc1ccc2nc(-c3ccccc3-c3nc4ccc(N)cc4o3)oc2c1. The zero-order chi connectivity index (χ0) is 17.7. The van der Waals surface area contributed by atoms with Gasteiger partial charge in [-0.2, -0.15) is 0 Å². The maximum Gasteiger partial charge on any atom is 0.228 e. The lowest BCUT2D eigenvalue weighted by Gasteiger charge is -2.01. The molecule has 0 radical (unpaired) electrons. The van der Waals surface area contributed by atoms with Crippen molar-refractivity contribution in [2.24, 2.45) is 0 Å². The standard InChI is InChI=1S/C20H14N4O2/c21-11-5-7-15-17(9-11)25-19(23-15)13-3-1-2-4-14(13)20-24-16-8-6-12(22)10-18(16)26-20/h1-10H,21-22H2. The molecule has 0 spiro atoms. The van der Waals surface area contributed by atoms with Gasteiger partial charge in [-0.05, 0) is 36.4 Å². The fraction of sp³-hybridized carbons (Fsp3) is 0. The van der Waals surface area contributed by atoms with Crippen LogP contribution in [0.2, 0.25) is 0 Å². The summed E-state index contributed by atoms with van der Waals surface area (Å²) in [7, 11) is 0. The molecule has 4 N–H and O–H groups in total. The summed E-state index contributed by atoms with van der Waals surface area (Å²) in [4.78, 5) is 9.13. The van der Waals surface area contributed by atoms with Crippen LogP contribution in [0.5, 0.6) is 0 Å². The zero-order valence-corrected chi connectivity index (χ0v) is 13.6. The van der Waals surface area contributed by atoms with Gasteiger partial charge in [0.15, 0.2) is 11.2 Å². The minimum Gasteiger partial charge on any atom is -0.436 e. The third-order valence-corrected chi connectivity index (χ3v) is 4.21. The minimum absolute atomic E-state index is 0.489. The van der Waals surface area contributed by atoms with Crippen molar-refractivity contribution in [3.8, 4) is 22.9 Å². The molecule has 5 rings (SSSR count). The van der Waals surface area contributed by atoms with Crippen LogP contribution in [0.1, 0.15) is 0 Å². The van der Waals surface area contributed by atoms with Gasteiger partial charge in [-0.15, -0.1) is 0 Å². The fourth-order valence-electron chi connectivity index (χ4n) is 2.97. The Morgan fingerprint density at radius 3 is 1.54 bits per heavy atom. The molecule has 126 valence electrons. The second-order valence-corrected chi connectivity index (χ2v) is 6.04. The summed E-state index contributed by atoms with van der Waals surface area (Å²) in [6.45, 7) is 0. The van der Waals surface area contributed by atoms with Crippen molar-refractivity contribution < 1.29 is 8.83 Å². The van der Waals surface area contributed by atoms with Crippen LogP contribution >= 0.6 is 0 Å². The number of fused-ring (bicyclic) bond motifs is 2. The fourth-order valence-corrected chi connectivity index (χ4v) is 2.97. The van der Waals surface area contributed by atoms with Crippen molar-refractivity contribution >= 4 is 33.6 Å². The normalized spacial score (nSPS) is 11.4. The topological polar surface area (TPSA) is 104 Å². The predicted octanol–water partition coefficient (Wildman–Crippen LogP) is 4.47. The Morgan fingerprint density at radius 1 is 0.615 bits per heavy atom. The molecular formula is C20H14N4O2. The maximum absolute atomic E-state index is 5.91. The van der Waals surface area contributed by atoms with E-state index in [0.29, 0.717) is 34.3 Å². The predicted molar refractivity (Wildman–Crippen MR) is 101 cm³/mol. The number of nitrogen functional groups attached to an aromatic ring is 2. The number of nitrogens with zero attached hydrogens (tertiary/aromatic N) is 2. The number of benzene rings is 3. The number of hydrogen-bond donors (Lipinski definition) is 2. The number of rotatable bonds is 2. The van der Waals surface area contributed by atoms with Gasteiger partial charge in [0.05, 0.1) is 0 Å². The van der Waals surface area contributed by atoms with Crippen LogP contribution in [-0.2, 0) is 0 Å². The van der Waals surface area contributed by atoms with E-state index in [1.807, 2.05) is 36.4 Å². The van der Waals surface area contributed by atoms with E-state index in [2.05, 4.69) is 9.97 Å². The summed E-state index contributed by atoms with van der Waals surface area (Å²) in [6, 6.07) is 18.5. The molecule has 0 saturated carbocycles. The Balaban J connectivity index is 1.70. The van der Waals surface area contributed by atoms with Gasteiger partial charge in [0.1, 0.15) is 11.0 Å². The second-order valence-electron chi connectivity index (χ2n) is 6.04. The number of oxazole rings is 2. The molecule has 0 saturated heterocycles. The van der Waals surface area contributed by atoms with Crippen LogP contribution in [0.15, 0.2) is 69.5 Å². The molecule has 0 amide bonds. The first-order chi connectivity index (χ1) is 12.7. The molecule has 0 aliphatic carbocycles. The molecular weight excluding hydrogens is 328 g/mol. The highest BCUT2D eigenvalue weighted by Gasteiger charge is 2.17. The minimum atomic E-state index is 0.489. The van der Waals surface area contributed by atoms with Crippen LogP contribution in [0.25, 0.3) is 45.1 Å². The zero-order valence-electron chi connectivity index (χ0n) is 13.6. The molecule has 2 heterocycles. The van der Waals surface area contributed by atoms with E-state index in [1.54, 1.807) is 24.3 Å². The van der Waals surface area contributed by atoms with Gasteiger partial charge in [0.2, 0.25) is 11.8 Å². The van der Waals surface area contributed by atoms with Crippen molar-refractivity contribution in [2.75, 3.05) is 11.5 Å². The van der Waals surface area contributed by atoms with Crippen LogP contribution in [0.3, 0.4) is 0 Å². The second kappa shape index (κ2) is 5.35. The van der Waals surface area contributed by atoms with E-state index >= 15 is 0 Å². The highest BCUT2D eigenvalue weighted by Crippen LogP contribution is 2.35. The van der Waals surface area contributed by atoms with Gasteiger partial charge in [0.25, 0.3) is 0 Å². The molecule has 0 unspecified atom stereocenters. The molecule has 6 nitrogen and oxygen atoms in total. The Bertz CT molecular complexity index is 1170. The van der Waals surface area contributed by atoms with Gasteiger partial charge < -0.3 is 20.3 Å². The van der Waals surface area contributed by atoms with Crippen LogP contribution in [0.4, 0.5) is 11.4 Å². The maximum atomic E-state index is 5.91. The van der Waals surface area contributed by atoms with Gasteiger partial charge in [-0.1, -0.05) is 12.1 Å². The summed E-state index contributed by atoms with van der Waals surface area (Å²) in [5.74, 6) is 0.978. The molecule has 0 aliphatic heterocycles. The molecule has 3 aromatic carbocycles. The molecule has 0 bridgehead atoms. The third kappa shape index (κ3) is 2.28. The molecule has 0 atom stereocenters. The average molecular weight is 342 g/mol. The largest absolute Gasteiger partial charge is 0.436 e. The highest BCUT2D eigenvalue weighted by molar-refractivity contribution is 5.85. The van der Waals surface area contributed by atoms with Crippen LogP contribution in [0, 0.1) is 0 Å². The average Bonchev–Trinajstić information content (AvgIpc) is 3.24. The van der Waals surface area contributed by atoms with E-state index in [0.717, 1.165) is 22.2 Å². The number of anilines is 2. The van der Waals surface area contributed by atoms with Crippen molar-refractivity contribution in [3.63, 3.8) is 0 Å². The monoisotopic (exact) mass is 342 g/mol. The Morgan fingerprint density at radius 2 is 1.08 bits per heavy atom. The van der Waals surface area contributed by atoms with Gasteiger partial charge >= 0.3 is 0 Å². The lowest BCUT2D eigenvalue weighted by atomic mass is 10.1. The Hall–Kier alpha value is -3.80. The van der Waals surface area contributed by atoms with Crippen molar-refractivity contribution in [1.82, 2.24) is 9.97 Å². The van der Waals surface area contributed by atoms with Gasteiger partial charge in [-0.3, -0.25) is 0 Å². The molecule has 6 heteroatoms. The van der Waals surface area contributed by atoms with Crippen molar-refractivity contribution in [1.29, 1.82) is 0 Å². The summed E-state index contributed by atoms with van der Waals surface area (Å²) in [5.41, 5.74) is 17.3. The van der Waals surface area contributed by atoms with Gasteiger partial charge in [-0.25, -0.2) is 9.97 Å². The van der Waals surface area contributed by atoms with Crippen LogP contribution in [-0.4, -0.2) is 9.97 Å². The van der Waals surface area contributed by atoms with Gasteiger partial charge in [0, 0.05) is 34.6 Å². The molecule has 0 aliphatic rings. The summed E-state index contributed by atoms with van der Waals surface area (Å²) < 4.78 is 11.8. The Labute approximate surface area is 148 Å². The van der Waals surface area contributed by atoms with E-state index in [-0.39, 0.29) is 0 Å². The van der Waals surface area contributed by atoms with Crippen molar-refractivity contribution in [3.05, 3.63) is 60.7 Å². The third-order valence-electron chi connectivity index (χ3n) is 4.21. The first-order valence-corrected chi connectivity index (χ1v) is 8.09. The highest BCUT2D eigenvalue weighted by atomic mass is 16.4. The summed E-state index contributed by atoms with van der Waals surface area (Å²) in [5, 5.41) is 0. The molecule has 0 fully saturated rings. The number of hydrogen-bond acceptors (Lipinski definition) is 6. The lowest BCUT2D eigenvalue weighted by Crippen LogP contribution is -1.85. The van der Waals surface area contributed by atoms with Crippen molar-refractivity contribution in [2.45, 2.75) is 0 Å². The van der Waals surface area contributed by atoms with E-state index in [4.69, 9.17) is 20.3 Å². The molecule has 26 heavy (non-hydrogen) atoms.